The lowest BCUT2D eigenvalue weighted by molar-refractivity contribution is 0.0906. The molecule has 1 saturated carbocycles. The molecule has 15 heavy (non-hydrogen) atoms. The third-order valence-electron chi connectivity index (χ3n) is 2.64. The number of nitrogens with one attached hydrogen (secondary N) is 1. The summed E-state index contributed by atoms with van der Waals surface area (Å²) in [6.07, 6.45) is 1.63. The predicted molar refractivity (Wildman–Crippen MR) is 54.6 cm³/mol. The minimum atomic E-state index is -0.414. The summed E-state index contributed by atoms with van der Waals surface area (Å²) >= 11 is 0. The molecule has 0 aromatic heterocycles. The first-order valence-electron chi connectivity index (χ1n) is 4.88. The molecule has 0 atom stereocenters. The Morgan fingerprint density at radius 3 is 2.73 bits per heavy atom. The van der Waals surface area contributed by atoms with E-state index >= 15 is 0 Å². The lowest BCUT2D eigenvalue weighted by atomic mass is 10.2. The SMILES string of the molecule is O=C(NC1(CO)CC1)c1cccc(O)c1. The van der Waals surface area contributed by atoms with Crippen LogP contribution in [0.1, 0.15) is 23.2 Å². The van der Waals surface area contributed by atoms with E-state index in [1.54, 1.807) is 12.1 Å². The van der Waals surface area contributed by atoms with Gasteiger partial charge in [-0.3, -0.25) is 4.79 Å². The number of hydrogen-bond acceptors (Lipinski definition) is 3. The molecule has 0 radical (unpaired) electrons. The van der Waals surface area contributed by atoms with Gasteiger partial charge in [-0.2, -0.15) is 0 Å². The summed E-state index contributed by atoms with van der Waals surface area (Å²) in [4.78, 5) is 11.7. The molecule has 3 N–H and O–H groups in total. The smallest absolute Gasteiger partial charge is 0.251 e. The fraction of sp³-hybridized carbons (Fsp3) is 0.364. The Morgan fingerprint density at radius 2 is 2.20 bits per heavy atom. The van der Waals surface area contributed by atoms with Gasteiger partial charge in [0.25, 0.3) is 5.91 Å². The molecule has 1 aliphatic carbocycles. The van der Waals surface area contributed by atoms with Gasteiger partial charge in [0.05, 0.1) is 12.1 Å². The molecule has 1 fully saturated rings. The molecule has 0 saturated heterocycles. The highest BCUT2D eigenvalue weighted by Crippen LogP contribution is 2.34. The van der Waals surface area contributed by atoms with Crippen LogP contribution in [0.5, 0.6) is 5.75 Å². The maximum absolute atomic E-state index is 11.7. The lowest BCUT2D eigenvalue weighted by Gasteiger charge is -2.14. The minimum Gasteiger partial charge on any atom is -0.508 e. The monoisotopic (exact) mass is 207 g/mol. The van der Waals surface area contributed by atoms with E-state index in [9.17, 15) is 9.90 Å². The number of aromatic hydroxyl groups is 1. The number of phenolic OH excluding ortho intramolecular Hbond substituents is 1. The molecule has 1 aromatic carbocycles. The molecule has 4 nitrogen and oxygen atoms in total. The topological polar surface area (TPSA) is 69.6 Å². The molecule has 1 aromatic rings. The van der Waals surface area contributed by atoms with Crippen LogP contribution < -0.4 is 5.32 Å². The zero-order valence-electron chi connectivity index (χ0n) is 8.23. The van der Waals surface area contributed by atoms with Crippen molar-refractivity contribution in [1.29, 1.82) is 0 Å². The van der Waals surface area contributed by atoms with Gasteiger partial charge >= 0.3 is 0 Å². The number of aliphatic hydroxyl groups excluding tert-OH is 1. The lowest BCUT2D eigenvalue weighted by Crippen LogP contribution is -2.39. The highest BCUT2D eigenvalue weighted by atomic mass is 16.3. The highest BCUT2D eigenvalue weighted by Gasteiger charge is 2.43. The van der Waals surface area contributed by atoms with Gasteiger partial charge in [0.1, 0.15) is 5.75 Å². The summed E-state index contributed by atoms with van der Waals surface area (Å²) in [5, 5.41) is 21.0. The largest absolute Gasteiger partial charge is 0.508 e. The first-order valence-corrected chi connectivity index (χ1v) is 4.88. The van der Waals surface area contributed by atoms with E-state index in [1.807, 2.05) is 0 Å². The molecular formula is C11H13NO3. The summed E-state index contributed by atoms with van der Waals surface area (Å²) in [6.45, 7) is -0.0302. The van der Waals surface area contributed by atoms with Crippen molar-refractivity contribution in [2.75, 3.05) is 6.61 Å². The molecule has 4 heteroatoms. The summed E-state index contributed by atoms with van der Waals surface area (Å²) < 4.78 is 0. The van der Waals surface area contributed by atoms with Crippen LogP contribution in [0.4, 0.5) is 0 Å². The Kier molecular flexibility index (Phi) is 2.36. The van der Waals surface area contributed by atoms with Crippen LogP contribution >= 0.6 is 0 Å². The van der Waals surface area contributed by atoms with Crippen LogP contribution in [-0.2, 0) is 0 Å². The maximum Gasteiger partial charge on any atom is 0.251 e. The van der Waals surface area contributed by atoms with Gasteiger partial charge in [0.2, 0.25) is 0 Å². The van der Waals surface area contributed by atoms with Gasteiger partial charge in [-0.05, 0) is 31.0 Å². The van der Waals surface area contributed by atoms with Crippen LogP contribution in [0.15, 0.2) is 24.3 Å². The van der Waals surface area contributed by atoms with Crippen LogP contribution in [0.2, 0.25) is 0 Å². The number of hydrogen-bond donors (Lipinski definition) is 3. The molecular weight excluding hydrogens is 194 g/mol. The van der Waals surface area contributed by atoms with Gasteiger partial charge in [0.15, 0.2) is 0 Å². The molecule has 2 rings (SSSR count). The molecule has 0 heterocycles. The molecule has 0 unspecified atom stereocenters. The van der Waals surface area contributed by atoms with E-state index in [-0.39, 0.29) is 18.3 Å². The predicted octanol–water partition coefficient (Wildman–Crippen LogP) is 0.647. The minimum absolute atomic E-state index is 0.0302. The normalized spacial score (nSPS) is 17.1. The quantitative estimate of drug-likeness (QED) is 0.681. The Hall–Kier alpha value is -1.55. The van der Waals surface area contributed by atoms with E-state index in [0.717, 1.165) is 12.8 Å². The first kappa shape index (κ1) is 9.98. The van der Waals surface area contributed by atoms with Gasteiger partial charge in [-0.1, -0.05) is 6.07 Å². The van der Waals surface area contributed by atoms with Gasteiger partial charge in [-0.25, -0.2) is 0 Å². The van der Waals surface area contributed by atoms with E-state index in [2.05, 4.69) is 5.32 Å². The Balaban J connectivity index is 2.08. The van der Waals surface area contributed by atoms with Crippen LogP contribution in [0.25, 0.3) is 0 Å². The van der Waals surface area contributed by atoms with Crippen molar-refractivity contribution in [2.24, 2.45) is 0 Å². The number of aliphatic hydroxyl groups is 1. The van der Waals surface area contributed by atoms with Crippen LogP contribution in [-0.4, -0.2) is 28.3 Å². The molecule has 0 spiro atoms. The molecule has 0 bridgehead atoms. The second-order valence-electron chi connectivity index (χ2n) is 3.94. The molecule has 80 valence electrons. The van der Waals surface area contributed by atoms with E-state index in [4.69, 9.17) is 5.11 Å². The Morgan fingerprint density at radius 1 is 1.47 bits per heavy atom. The Bertz CT molecular complexity index is 385. The standard InChI is InChI=1S/C11H13NO3/c13-7-11(4-5-11)12-10(15)8-2-1-3-9(14)6-8/h1-3,6,13-14H,4-5,7H2,(H,12,15). The summed E-state index contributed by atoms with van der Waals surface area (Å²) in [6, 6.07) is 6.16. The average molecular weight is 207 g/mol. The van der Waals surface area contributed by atoms with Crippen molar-refractivity contribution < 1.29 is 15.0 Å². The third kappa shape index (κ3) is 2.10. The van der Waals surface area contributed by atoms with Crippen molar-refractivity contribution in [3.8, 4) is 5.75 Å². The fourth-order valence-corrected chi connectivity index (χ4v) is 1.43. The van der Waals surface area contributed by atoms with E-state index in [0.29, 0.717) is 5.56 Å². The number of phenols is 1. The third-order valence-corrected chi connectivity index (χ3v) is 2.64. The van der Waals surface area contributed by atoms with Gasteiger partial charge in [-0.15, -0.1) is 0 Å². The summed E-state index contributed by atoms with van der Waals surface area (Å²) in [7, 11) is 0. The van der Waals surface area contributed by atoms with E-state index in [1.165, 1.54) is 12.1 Å². The first-order chi connectivity index (χ1) is 7.15. The highest BCUT2D eigenvalue weighted by molar-refractivity contribution is 5.95. The summed E-state index contributed by atoms with van der Waals surface area (Å²) in [5.74, 6) is -0.186. The van der Waals surface area contributed by atoms with Crippen LogP contribution in [0, 0.1) is 0 Å². The van der Waals surface area contributed by atoms with Gasteiger partial charge in [0, 0.05) is 5.56 Å². The second-order valence-corrected chi connectivity index (χ2v) is 3.94. The fourth-order valence-electron chi connectivity index (χ4n) is 1.43. The summed E-state index contributed by atoms with van der Waals surface area (Å²) in [5.41, 5.74) is -0.00236. The van der Waals surface area contributed by atoms with Crippen molar-refractivity contribution in [2.45, 2.75) is 18.4 Å². The van der Waals surface area contributed by atoms with Crippen LogP contribution in [0.3, 0.4) is 0 Å². The van der Waals surface area contributed by atoms with E-state index < -0.39 is 5.54 Å². The zero-order valence-corrected chi connectivity index (χ0v) is 8.23. The Labute approximate surface area is 87.6 Å². The van der Waals surface area contributed by atoms with Crippen molar-refractivity contribution in [3.05, 3.63) is 29.8 Å². The van der Waals surface area contributed by atoms with Gasteiger partial charge < -0.3 is 15.5 Å². The number of amides is 1. The molecule has 1 amide bonds. The number of benzene rings is 1. The maximum atomic E-state index is 11.7. The van der Waals surface area contributed by atoms with Crippen molar-refractivity contribution >= 4 is 5.91 Å². The number of rotatable bonds is 3. The van der Waals surface area contributed by atoms with Crippen molar-refractivity contribution in [1.82, 2.24) is 5.32 Å². The number of carbonyl (C=O) groups excluding carboxylic acids is 1. The number of carbonyl (C=O) groups is 1. The second kappa shape index (κ2) is 3.55. The zero-order chi connectivity index (χ0) is 10.9. The van der Waals surface area contributed by atoms with Crippen molar-refractivity contribution in [3.63, 3.8) is 0 Å². The molecule has 0 aliphatic heterocycles. The average Bonchev–Trinajstić information content (AvgIpc) is 2.98. The molecule has 1 aliphatic rings.